The predicted molar refractivity (Wildman–Crippen MR) is 110 cm³/mol. The summed E-state index contributed by atoms with van der Waals surface area (Å²) in [6.45, 7) is 6.38. The summed E-state index contributed by atoms with van der Waals surface area (Å²) < 4.78 is 11.1. The van der Waals surface area contributed by atoms with E-state index in [1.807, 2.05) is 63.2 Å². The van der Waals surface area contributed by atoms with Crippen LogP contribution < -0.4 is 14.8 Å². The number of nitrogens with one attached hydrogen (secondary N) is 1. The zero-order valence-electron chi connectivity index (χ0n) is 17.1. The van der Waals surface area contributed by atoms with Crippen molar-refractivity contribution in [2.45, 2.75) is 33.3 Å². The third-order valence-electron chi connectivity index (χ3n) is 4.01. The van der Waals surface area contributed by atoms with E-state index < -0.39 is 0 Å². The monoisotopic (exact) mass is 384 g/mol. The van der Waals surface area contributed by atoms with Crippen LogP contribution in [0.25, 0.3) is 0 Å². The van der Waals surface area contributed by atoms with Gasteiger partial charge in [0.15, 0.2) is 17.2 Å². The van der Waals surface area contributed by atoms with Crippen molar-refractivity contribution in [3.8, 4) is 11.5 Å². The Kier molecular flexibility index (Phi) is 7.87. The van der Waals surface area contributed by atoms with Crippen molar-refractivity contribution < 1.29 is 19.1 Å². The van der Waals surface area contributed by atoms with Gasteiger partial charge in [-0.2, -0.15) is 0 Å². The molecule has 0 unspecified atom stereocenters. The summed E-state index contributed by atoms with van der Waals surface area (Å²) in [7, 11) is 3.04. The molecule has 0 bridgehead atoms. The van der Waals surface area contributed by atoms with Gasteiger partial charge in [-0.1, -0.05) is 41.1 Å². The summed E-state index contributed by atoms with van der Waals surface area (Å²) in [5, 5.41) is 6.78. The van der Waals surface area contributed by atoms with E-state index in [1.54, 1.807) is 7.11 Å². The van der Waals surface area contributed by atoms with Gasteiger partial charge in [0, 0.05) is 12.1 Å². The van der Waals surface area contributed by atoms with E-state index in [0.717, 1.165) is 11.1 Å². The Labute approximate surface area is 166 Å². The second-order valence-corrected chi connectivity index (χ2v) is 6.65. The minimum Gasteiger partial charge on any atom is -0.493 e. The standard InChI is InChI=1S/C22H28N2O4/c1-15(2)28-19-11-8-17(14-20(19)26-4)12-13-23-22(25)21(24-27-5)18-9-6-16(3)7-10-18/h6-11,14-15H,12-13H2,1-5H3,(H,23,25). The van der Waals surface area contributed by atoms with E-state index >= 15 is 0 Å². The molecule has 2 aromatic rings. The fourth-order valence-electron chi connectivity index (χ4n) is 2.65. The van der Waals surface area contributed by atoms with Crippen LogP contribution in [0.1, 0.15) is 30.5 Å². The highest BCUT2D eigenvalue weighted by atomic mass is 16.6. The van der Waals surface area contributed by atoms with Gasteiger partial charge in [0.1, 0.15) is 7.11 Å². The number of methoxy groups -OCH3 is 1. The molecule has 2 rings (SSSR count). The summed E-state index contributed by atoms with van der Waals surface area (Å²) in [4.78, 5) is 17.4. The molecule has 1 N–H and O–H groups in total. The maximum atomic E-state index is 12.5. The van der Waals surface area contributed by atoms with Gasteiger partial charge in [-0.15, -0.1) is 0 Å². The third-order valence-corrected chi connectivity index (χ3v) is 4.01. The van der Waals surface area contributed by atoms with Crippen molar-refractivity contribution in [1.29, 1.82) is 0 Å². The highest BCUT2D eigenvalue weighted by Gasteiger charge is 2.15. The fraction of sp³-hybridized carbons (Fsp3) is 0.364. The first kappa shape index (κ1) is 21.3. The molecule has 1 amide bonds. The van der Waals surface area contributed by atoms with Crippen LogP contribution in [0.5, 0.6) is 11.5 Å². The number of hydrogen-bond donors (Lipinski definition) is 1. The van der Waals surface area contributed by atoms with E-state index in [1.165, 1.54) is 7.11 Å². The molecule has 0 spiro atoms. The lowest BCUT2D eigenvalue weighted by atomic mass is 10.1. The van der Waals surface area contributed by atoms with Crippen LogP contribution >= 0.6 is 0 Å². The van der Waals surface area contributed by atoms with Gasteiger partial charge in [0.2, 0.25) is 0 Å². The summed E-state index contributed by atoms with van der Waals surface area (Å²) in [6, 6.07) is 13.3. The largest absolute Gasteiger partial charge is 0.493 e. The Morgan fingerprint density at radius 1 is 1.07 bits per heavy atom. The molecular formula is C22H28N2O4. The topological polar surface area (TPSA) is 69.2 Å². The van der Waals surface area contributed by atoms with Crippen molar-refractivity contribution in [3.05, 3.63) is 59.2 Å². The first-order valence-corrected chi connectivity index (χ1v) is 9.24. The molecule has 2 aromatic carbocycles. The molecule has 0 heterocycles. The number of aryl methyl sites for hydroxylation is 1. The molecule has 0 aliphatic carbocycles. The number of carbonyl (C=O) groups excluding carboxylic acids is 1. The highest BCUT2D eigenvalue weighted by molar-refractivity contribution is 6.45. The van der Waals surface area contributed by atoms with Crippen molar-refractivity contribution in [3.63, 3.8) is 0 Å². The van der Waals surface area contributed by atoms with Gasteiger partial charge < -0.3 is 19.6 Å². The molecule has 150 valence electrons. The molecule has 0 saturated carbocycles. The Bertz CT molecular complexity index is 814. The molecule has 0 aliphatic rings. The molecule has 28 heavy (non-hydrogen) atoms. The molecule has 0 saturated heterocycles. The quantitative estimate of drug-likeness (QED) is 0.531. The Morgan fingerprint density at radius 2 is 1.79 bits per heavy atom. The summed E-state index contributed by atoms with van der Waals surface area (Å²) in [5.74, 6) is 1.11. The number of nitrogens with zero attached hydrogens (tertiary/aromatic N) is 1. The molecule has 0 aromatic heterocycles. The van der Waals surface area contributed by atoms with Crippen LogP contribution in [0.4, 0.5) is 0 Å². The van der Waals surface area contributed by atoms with Crippen LogP contribution in [0.15, 0.2) is 47.6 Å². The molecule has 6 nitrogen and oxygen atoms in total. The smallest absolute Gasteiger partial charge is 0.273 e. The van der Waals surface area contributed by atoms with Gasteiger partial charge >= 0.3 is 0 Å². The van der Waals surface area contributed by atoms with Crippen molar-refractivity contribution >= 4 is 11.6 Å². The number of ether oxygens (including phenoxy) is 2. The van der Waals surface area contributed by atoms with Crippen molar-refractivity contribution in [2.75, 3.05) is 20.8 Å². The molecular weight excluding hydrogens is 356 g/mol. The van der Waals surface area contributed by atoms with E-state index in [0.29, 0.717) is 30.0 Å². The minimum atomic E-state index is -0.280. The van der Waals surface area contributed by atoms with Crippen LogP contribution in [0, 0.1) is 6.92 Å². The normalized spacial score (nSPS) is 11.3. The van der Waals surface area contributed by atoms with E-state index in [4.69, 9.17) is 14.3 Å². The number of benzene rings is 2. The van der Waals surface area contributed by atoms with E-state index in [9.17, 15) is 4.79 Å². The molecule has 0 atom stereocenters. The van der Waals surface area contributed by atoms with Crippen LogP contribution in [0.3, 0.4) is 0 Å². The van der Waals surface area contributed by atoms with Crippen LogP contribution in [0.2, 0.25) is 0 Å². The maximum Gasteiger partial charge on any atom is 0.273 e. The SMILES string of the molecule is CON=C(C(=O)NCCc1ccc(OC(C)C)c(OC)c1)c1ccc(C)cc1. The van der Waals surface area contributed by atoms with Gasteiger partial charge in [-0.05, 0) is 44.9 Å². The summed E-state index contributed by atoms with van der Waals surface area (Å²) in [6.07, 6.45) is 0.720. The average Bonchev–Trinajstić information content (AvgIpc) is 2.67. The lowest BCUT2D eigenvalue weighted by molar-refractivity contribution is -0.114. The predicted octanol–water partition coefficient (Wildman–Crippen LogP) is 3.50. The van der Waals surface area contributed by atoms with Gasteiger partial charge in [0.05, 0.1) is 13.2 Å². The van der Waals surface area contributed by atoms with Crippen LogP contribution in [-0.4, -0.2) is 38.5 Å². The second-order valence-electron chi connectivity index (χ2n) is 6.65. The Balaban J connectivity index is 2.00. The van der Waals surface area contributed by atoms with Gasteiger partial charge in [-0.3, -0.25) is 4.79 Å². The lowest BCUT2D eigenvalue weighted by Crippen LogP contribution is -2.33. The maximum absolute atomic E-state index is 12.5. The molecule has 6 heteroatoms. The number of amides is 1. The first-order valence-electron chi connectivity index (χ1n) is 9.24. The molecule has 0 aliphatic heterocycles. The van der Waals surface area contributed by atoms with Gasteiger partial charge in [0.25, 0.3) is 5.91 Å². The summed E-state index contributed by atoms with van der Waals surface area (Å²) in [5.41, 5.74) is 3.11. The Hall–Kier alpha value is -3.02. The minimum absolute atomic E-state index is 0.0688. The second kappa shape index (κ2) is 10.3. The first-order chi connectivity index (χ1) is 13.4. The summed E-state index contributed by atoms with van der Waals surface area (Å²) >= 11 is 0. The van der Waals surface area contributed by atoms with Crippen LogP contribution in [-0.2, 0) is 16.1 Å². The van der Waals surface area contributed by atoms with Crippen molar-refractivity contribution in [1.82, 2.24) is 5.32 Å². The zero-order valence-corrected chi connectivity index (χ0v) is 17.1. The van der Waals surface area contributed by atoms with Gasteiger partial charge in [-0.25, -0.2) is 0 Å². The van der Waals surface area contributed by atoms with Crippen molar-refractivity contribution in [2.24, 2.45) is 5.16 Å². The molecule has 0 fully saturated rings. The molecule has 0 radical (unpaired) electrons. The Morgan fingerprint density at radius 3 is 2.39 bits per heavy atom. The lowest BCUT2D eigenvalue weighted by Gasteiger charge is -2.14. The third kappa shape index (κ3) is 6.01. The highest BCUT2D eigenvalue weighted by Crippen LogP contribution is 2.29. The van der Waals surface area contributed by atoms with E-state index in [2.05, 4.69) is 10.5 Å². The van der Waals surface area contributed by atoms with E-state index in [-0.39, 0.29) is 17.7 Å². The number of hydrogen-bond acceptors (Lipinski definition) is 5. The average molecular weight is 384 g/mol. The number of oxime groups is 1. The number of rotatable bonds is 9. The zero-order chi connectivity index (χ0) is 20.5. The fourth-order valence-corrected chi connectivity index (χ4v) is 2.65. The number of carbonyl (C=O) groups is 1.